The zero-order valence-electron chi connectivity index (χ0n) is 13.5. The Morgan fingerprint density at radius 1 is 1.25 bits per heavy atom. The van der Waals surface area contributed by atoms with Crippen LogP contribution in [0.3, 0.4) is 0 Å². The number of amides is 1. The molecule has 5 nitrogen and oxygen atoms in total. The van der Waals surface area contributed by atoms with Crippen LogP contribution < -0.4 is 10.6 Å². The third kappa shape index (κ3) is 7.10. The molecule has 0 heterocycles. The van der Waals surface area contributed by atoms with Crippen LogP contribution in [0.1, 0.15) is 53.9 Å². The minimum atomic E-state index is -0.703. The van der Waals surface area contributed by atoms with E-state index in [9.17, 15) is 9.90 Å². The second-order valence-electron chi connectivity index (χ2n) is 7.37. The molecule has 2 unspecified atom stereocenters. The van der Waals surface area contributed by atoms with Crippen LogP contribution in [0, 0.1) is 5.92 Å². The zero-order chi connectivity index (χ0) is 15.4. The second kappa shape index (κ2) is 6.76. The Kier molecular flexibility index (Phi) is 5.83. The monoisotopic (exact) mass is 286 g/mol. The molecule has 5 heteroatoms. The SMILES string of the molecule is CC(C)(O)CNC1CCCC1CNC(=O)OC(C)(C)C. The normalized spacial score (nSPS) is 23.7. The molecule has 0 saturated heterocycles. The fourth-order valence-corrected chi connectivity index (χ4v) is 2.46. The molecule has 1 aliphatic carbocycles. The molecule has 3 N–H and O–H groups in total. The molecule has 1 rings (SSSR count). The van der Waals surface area contributed by atoms with Gasteiger partial charge in [0.25, 0.3) is 0 Å². The Hall–Kier alpha value is -0.810. The maximum atomic E-state index is 11.6. The third-order valence-electron chi connectivity index (χ3n) is 3.36. The van der Waals surface area contributed by atoms with Gasteiger partial charge in [0, 0.05) is 19.1 Å². The van der Waals surface area contributed by atoms with Gasteiger partial charge in [0.15, 0.2) is 0 Å². The summed E-state index contributed by atoms with van der Waals surface area (Å²) in [4.78, 5) is 11.6. The lowest BCUT2D eigenvalue weighted by molar-refractivity contribution is 0.0511. The Bertz CT molecular complexity index is 318. The fraction of sp³-hybridized carbons (Fsp3) is 0.933. The van der Waals surface area contributed by atoms with Gasteiger partial charge in [-0.15, -0.1) is 0 Å². The Labute approximate surface area is 122 Å². The van der Waals surface area contributed by atoms with Gasteiger partial charge in [-0.3, -0.25) is 0 Å². The summed E-state index contributed by atoms with van der Waals surface area (Å²) >= 11 is 0. The lowest BCUT2D eigenvalue weighted by Crippen LogP contribution is -2.45. The van der Waals surface area contributed by atoms with E-state index in [-0.39, 0.29) is 6.09 Å². The van der Waals surface area contributed by atoms with Gasteiger partial charge < -0.3 is 20.5 Å². The third-order valence-corrected chi connectivity index (χ3v) is 3.36. The molecule has 0 spiro atoms. The first-order valence-corrected chi connectivity index (χ1v) is 7.49. The average molecular weight is 286 g/mol. The van der Waals surface area contributed by atoms with E-state index in [0.29, 0.717) is 25.0 Å². The molecular formula is C15H30N2O3. The van der Waals surface area contributed by atoms with Crippen molar-refractivity contribution in [2.75, 3.05) is 13.1 Å². The van der Waals surface area contributed by atoms with Gasteiger partial charge in [0.05, 0.1) is 5.60 Å². The van der Waals surface area contributed by atoms with Crippen molar-refractivity contribution in [1.82, 2.24) is 10.6 Å². The summed E-state index contributed by atoms with van der Waals surface area (Å²) < 4.78 is 5.24. The zero-order valence-corrected chi connectivity index (χ0v) is 13.5. The van der Waals surface area contributed by atoms with E-state index in [1.165, 1.54) is 0 Å². The molecule has 0 radical (unpaired) electrons. The maximum absolute atomic E-state index is 11.6. The molecule has 1 fully saturated rings. The summed E-state index contributed by atoms with van der Waals surface area (Å²) in [5.74, 6) is 0.407. The van der Waals surface area contributed by atoms with Gasteiger partial charge in [-0.25, -0.2) is 4.79 Å². The quantitative estimate of drug-likeness (QED) is 0.723. The van der Waals surface area contributed by atoms with Crippen LogP contribution in [0.4, 0.5) is 4.79 Å². The number of hydrogen-bond acceptors (Lipinski definition) is 4. The summed E-state index contributed by atoms with van der Waals surface area (Å²) in [6.07, 6.45) is 2.99. The first-order valence-electron chi connectivity index (χ1n) is 7.49. The van der Waals surface area contributed by atoms with Gasteiger partial charge in [-0.1, -0.05) is 6.42 Å². The minimum Gasteiger partial charge on any atom is -0.444 e. The molecule has 2 atom stereocenters. The van der Waals surface area contributed by atoms with Crippen LogP contribution in [0.25, 0.3) is 0 Å². The van der Waals surface area contributed by atoms with E-state index in [4.69, 9.17) is 4.74 Å². The van der Waals surface area contributed by atoms with Crippen LogP contribution in [0.2, 0.25) is 0 Å². The average Bonchev–Trinajstić information content (AvgIpc) is 2.67. The van der Waals surface area contributed by atoms with Gasteiger partial charge in [-0.2, -0.15) is 0 Å². The van der Waals surface area contributed by atoms with Crippen molar-refractivity contribution in [2.24, 2.45) is 5.92 Å². The first kappa shape index (κ1) is 17.2. The van der Waals surface area contributed by atoms with E-state index in [1.54, 1.807) is 13.8 Å². The molecule has 1 saturated carbocycles. The fourth-order valence-electron chi connectivity index (χ4n) is 2.46. The van der Waals surface area contributed by atoms with Gasteiger partial charge >= 0.3 is 6.09 Å². The van der Waals surface area contributed by atoms with Crippen LogP contribution in [-0.2, 0) is 4.74 Å². The van der Waals surface area contributed by atoms with Crippen molar-refractivity contribution in [2.45, 2.75) is 71.1 Å². The molecule has 20 heavy (non-hydrogen) atoms. The highest BCUT2D eigenvalue weighted by molar-refractivity contribution is 5.67. The van der Waals surface area contributed by atoms with Crippen molar-refractivity contribution in [3.8, 4) is 0 Å². The summed E-state index contributed by atoms with van der Waals surface area (Å²) in [6.45, 7) is 10.4. The Balaban J connectivity index is 2.33. The summed E-state index contributed by atoms with van der Waals surface area (Å²) in [6, 6.07) is 0.358. The number of nitrogens with one attached hydrogen (secondary N) is 2. The molecule has 1 aliphatic rings. The Morgan fingerprint density at radius 3 is 2.45 bits per heavy atom. The lowest BCUT2D eigenvalue weighted by Gasteiger charge is -2.26. The molecule has 1 amide bonds. The standard InChI is InChI=1S/C15H30N2O3/c1-14(2,3)20-13(18)16-9-11-7-6-8-12(11)17-10-15(4,5)19/h11-12,17,19H,6-10H2,1-5H3,(H,16,18). The molecule has 0 bridgehead atoms. The first-order chi connectivity index (χ1) is 9.07. The molecule has 0 aromatic rings. The topological polar surface area (TPSA) is 70.6 Å². The predicted octanol–water partition coefficient (Wildman–Crippen LogP) is 2.04. The Morgan fingerprint density at radius 2 is 1.90 bits per heavy atom. The van der Waals surface area contributed by atoms with E-state index >= 15 is 0 Å². The van der Waals surface area contributed by atoms with Crippen molar-refractivity contribution < 1.29 is 14.6 Å². The highest BCUT2D eigenvalue weighted by Gasteiger charge is 2.29. The largest absolute Gasteiger partial charge is 0.444 e. The van der Waals surface area contributed by atoms with E-state index in [0.717, 1.165) is 19.3 Å². The molecule has 0 aromatic heterocycles. The smallest absolute Gasteiger partial charge is 0.407 e. The molecule has 118 valence electrons. The number of aliphatic hydroxyl groups is 1. The second-order valence-corrected chi connectivity index (χ2v) is 7.37. The van der Waals surface area contributed by atoms with Gasteiger partial charge in [0.2, 0.25) is 0 Å². The highest BCUT2D eigenvalue weighted by Crippen LogP contribution is 2.25. The molecular weight excluding hydrogens is 256 g/mol. The van der Waals surface area contributed by atoms with E-state index < -0.39 is 11.2 Å². The number of hydrogen-bond donors (Lipinski definition) is 3. The lowest BCUT2D eigenvalue weighted by atomic mass is 10.0. The van der Waals surface area contributed by atoms with Crippen LogP contribution in [-0.4, -0.2) is 41.5 Å². The maximum Gasteiger partial charge on any atom is 0.407 e. The van der Waals surface area contributed by atoms with Crippen molar-refractivity contribution in [1.29, 1.82) is 0 Å². The van der Waals surface area contributed by atoms with Crippen LogP contribution in [0.5, 0.6) is 0 Å². The van der Waals surface area contributed by atoms with Gasteiger partial charge in [-0.05, 0) is 53.4 Å². The number of carbonyl (C=O) groups is 1. The van der Waals surface area contributed by atoms with Gasteiger partial charge in [0.1, 0.15) is 5.60 Å². The van der Waals surface area contributed by atoms with Crippen LogP contribution in [0.15, 0.2) is 0 Å². The predicted molar refractivity (Wildman–Crippen MR) is 79.7 cm³/mol. The van der Waals surface area contributed by atoms with E-state index in [1.807, 2.05) is 20.8 Å². The number of carbonyl (C=O) groups excluding carboxylic acids is 1. The summed E-state index contributed by atoms with van der Waals surface area (Å²) in [5.41, 5.74) is -1.16. The van der Waals surface area contributed by atoms with Crippen molar-refractivity contribution in [3.05, 3.63) is 0 Å². The minimum absolute atomic E-state index is 0.356. The van der Waals surface area contributed by atoms with Crippen molar-refractivity contribution in [3.63, 3.8) is 0 Å². The van der Waals surface area contributed by atoms with Crippen LogP contribution >= 0.6 is 0 Å². The number of ether oxygens (including phenoxy) is 1. The molecule has 0 aliphatic heterocycles. The number of alkyl carbamates (subject to hydrolysis) is 1. The summed E-state index contributed by atoms with van der Waals surface area (Å²) in [7, 11) is 0. The summed E-state index contributed by atoms with van der Waals surface area (Å²) in [5, 5.41) is 16.0. The van der Waals surface area contributed by atoms with E-state index in [2.05, 4.69) is 10.6 Å². The molecule has 0 aromatic carbocycles. The highest BCUT2D eigenvalue weighted by atomic mass is 16.6. The van der Waals surface area contributed by atoms with Crippen molar-refractivity contribution >= 4 is 6.09 Å². The number of rotatable bonds is 5.